The Morgan fingerprint density at radius 1 is 1.00 bits per heavy atom. The van der Waals surface area contributed by atoms with Crippen molar-refractivity contribution in [1.82, 2.24) is 10.2 Å². The van der Waals surface area contributed by atoms with Gasteiger partial charge in [0.1, 0.15) is 6.04 Å². The molecule has 0 saturated carbocycles. The van der Waals surface area contributed by atoms with Crippen LogP contribution in [0.1, 0.15) is 70.1 Å². The van der Waals surface area contributed by atoms with Gasteiger partial charge in [0.2, 0.25) is 11.8 Å². The Balaban J connectivity index is 2.13. The third kappa shape index (κ3) is 7.70. The SMILES string of the molecule is CC[C@@H](C)NC(=O)[C@H](C)N(Cc1cccc(Cl)c1)C(=O)CCc1ccc(C(C)C)cc1. The molecule has 0 radical (unpaired) electrons. The van der Waals surface area contributed by atoms with Crippen LogP contribution in [0.25, 0.3) is 0 Å². The Morgan fingerprint density at radius 2 is 1.68 bits per heavy atom. The van der Waals surface area contributed by atoms with Crippen molar-refractivity contribution < 1.29 is 9.59 Å². The zero-order valence-corrected chi connectivity index (χ0v) is 20.1. The maximum Gasteiger partial charge on any atom is 0.242 e. The number of benzene rings is 2. The minimum Gasteiger partial charge on any atom is -0.352 e. The minimum absolute atomic E-state index is 0.0419. The lowest BCUT2D eigenvalue weighted by Crippen LogP contribution is -2.49. The first-order valence-electron chi connectivity index (χ1n) is 11.1. The molecular formula is C26H35ClN2O2. The number of carbonyl (C=O) groups excluding carboxylic acids is 2. The standard InChI is InChI=1S/C26H35ClN2O2/c1-6-19(4)28-26(31)20(5)29(17-22-8-7-9-24(27)16-22)25(30)15-12-21-10-13-23(14-11-21)18(2)3/h7-11,13-14,16,18-20H,6,12,15,17H2,1-5H3,(H,28,31)/t19-,20+/m1/s1. The summed E-state index contributed by atoms with van der Waals surface area (Å²) in [5.74, 6) is 0.305. The molecule has 0 unspecified atom stereocenters. The minimum atomic E-state index is -0.566. The third-order valence-electron chi connectivity index (χ3n) is 5.68. The fraction of sp³-hybridized carbons (Fsp3) is 0.462. The molecule has 2 atom stereocenters. The highest BCUT2D eigenvalue weighted by Gasteiger charge is 2.26. The fourth-order valence-electron chi connectivity index (χ4n) is 3.34. The lowest BCUT2D eigenvalue weighted by atomic mass is 10.00. The van der Waals surface area contributed by atoms with Crippen LogP contribution in [0.5, 0.6) is 0 Å². The molecule has 0 heterocycles. The van der Waals surface area contributed by atoms with Gasteiger partial charge < -0.3 is 10.2 Å². The second-order valence-electron chi connectivity index (χ2n) is 8.54. The summed E-state index contributed by atoms with van der Waals surface area (Å²) in [5, 5.41) is 3.61. The highest BCUT2D eigenvalue weighted by molar-refractivity contribution is 6.30. The van der Waals surface area contributed by atoms with E-state index in [-0.39, 0.29) is 17.9 Å². The first kappa shape index (κ1) is 24.9. The van der Waals surface area contributed by atoms with Gasteiger partial charge in [-0.2, -0.15) is 0 Å². The topological polar surface area (TPSA) is 49.4 Å². The molecule has 2 aromatic carbocycles. The van der Waals surface area contributed by atoms with Gasteiger partial charge in [0.05, 0.1) is 0 Å². The zero-order chi connectivity index (χ0) is 23.0. The Bertz CT molecular complexity index is 864. The fourth-order valence-corrected chi connectivity index (χ4v) is 3.56. The van der Waals surface area contributed by atoms with Crippen molar-refractivity contribution in [3.8, 4) is 0 Å². The maximum absolute atomic E-state index is 13.2. The van der Waals surface area contributed by atoms with Gasteiger partial charge in [-0.3, -0.25) is 9.59 Å². The zero-order valence-electron chi connectivity index (χ0n) is 19.3. The summed E-state index contributed by atoms with van der Waals surface area (Å²) in [6, 6.07) is 15.3. The molecule has 5 heteroatoms. The molecular weight excluding hydrogens is 408 g/mol. The lowest BCUT2D eigenvalue weighted by molar-refractivity contribution is -0.140. The number of nitrogens with one attached hydrogen (secondary N) is 1. The molecule has 31 heavy (non-hydrogen) atoms. The molecule has 0 aliphatic carbocycles. The summed E-state index contributed by atoms with van der Waals surface area (Å²) in [4.78, 5) is 27.6. The lowest BCUT2D eigenvalue weighted by Gasteiger charge is -2.30. The van der Waals surface area contributed by atoms with E-state index < -0.39 is 6.04 Å². The van der Waals surface area contributed by atoms with Gasteiger partial charge >= 0.3 is 0 Å². The van der Waals surface area contributed by atoms with E-state index in [0.29, 0.717) is 30.3 Å². The summed E-state index contributed by atoms with van der Waals surface area (Å²) >= 11 is 6.13. The summed E-state index contributed by atoms with van der Waals surface area (Å²) in [6.07, 6.45) is 1.83. The largest absolute Gasteiger partial charge is 0.352 e. The highest BCUT2D eigenvalue weighted by atomic mass is 35.5. The molecule has 0 saturated heterocycles. The number of halogens is 1. The van der Waals surface area contributed by atoms with Crippen molar-refractivity contribution in [2.75, 3.05) is 0 Å². The van der Waals surface area contributed by atoms with E-state index in [2.05, 4.69) is 43.4 Å². The van der Waals surface area contributed by atoms with Gasteiger partial charge in [0, 0.05) is 24.0 Å². The Morgan fingerprint density at radius 3 is 2.26 bits per heavy atom. The molecule has 0 aliphatic heterocycles. The van der Waals surface area contributed by atoms with Crippen LogP contribution in [0.2, 0.25) is 5.02 Å². The van der Waals surface area contributed by atoms with E-state index in [1.165, 1.54) is 5.56 Å². The first-order chi connectivity index (χ1) is 14.7. The van der Waals surface area contributed by atoms with E-state index in [9.17, 15) is 9.59 Å². The third-order valence-corrected chi connectivity index (χ3v) is 5.92. The number of amides is 2. The second kappa shape index (κ2) is 11.9. The van der Waals surface area contributed by atoms with E-state index in [4.69, 9.17) is 11.6 Å². The number of carbonyl (C=O) groups is 2. The van der Waals surface area contributed by atoms with Crippen molar-refractivity contribution in [2.45, 2.75) is 78.4 Å². The summed E-state index contributed by atoms with van der Waals surface area (Å²) in [6.45, 7) is 10.5. The predicted molar refractivity (Wildman–Crippen MR) is 128 cm³/mol. The molecule has 0 aliphatic rings. The second-order valence-corrected chi connectivity index (χ2v) is 8.98. The van der Waals surface area contributed by atoms with Gasteiger partial charge in [-0.15, -0.1) is 0 Å². The van der Waals surface area contributed by atoms with Crippen LogP contribution >= 0.6 is 11.6 Å². The van der Waals surface area contributed by atoms with Crippen LogP contribution < -0.4 is 5.32 Å². The van der Waals surface area contributed by atoms with Gasteiger partial charge in [-0.25, -0.2) is 0 Å². The monoisotopic (exact) mass is 442 g/mol. The van der Waals surface area contributed by atoms with Gasteiger partial charge in [0.15, 0.2) is 0 Å². The Hall–Kier alpha value is -2.33. The van der Waals surface area contributed by atoms with Gasteiger partial charge in [0.25, 0.3) is 0 Å². The van der Waals surface area contributed by atoms with E-state index in [1.54, 1.807) is 17.9 Å². The molecule has 4 nitrogen and oxygen atoms in total. The Kier molecular flexibility index (Phi) is 9.57. The normalized spacial score (nSPS) is 13.0. The average molecular weight is 443 g/mol. The summed E-state index contributed by atoms with van der Waals surface area (Å²) in [5.41, 5.74) is 3.32. The van der Waals surface area contributed by atoms with E-state index in [1.807, 2.05) is 32.0 Å². The number of hydrogen-bond acceptors (Lipinski definition) is 2. The van der Waals surface area contributed by atoms with Crippen molar-refractivity contribution in [1.29, 1.82) is 0 Å². The van der Waals surface area contributed by atoms with Crippen molar-refractivity contribution in [3.05, 3.63) is 70.2 Å². The van der Waals surface area contributed by atoms with Crippen molar-refractivity contribution >= 4 is 23.4 Å². The van der Waals surface area contributed by atoms with E-state index >= 15 is 0 Å². The molecule has 2 aromatic rings. The van der Waals surface area contributed by atoms with Crippen LogP contribution in [0.15, 0.2) is 48.5 Å². The van der Waals surface area contributed by atoms with Crippen LogP contribution in [0, 0.1) is 0 Å². The first-order valence-corrected chi connectivity index (χ1v) is 11.5. The maximum atomic E-state index is 13.2. The smallest absolute Gasteiger partial charge is 0.242 e. The predicted octanol–water partition coefficient (Wildman–Crippen LogP) is 5.73. The Labute approximate surface area is 192 Å². The average Bonchev–Trinajstić information content (AvgIpc) is 2.75. The molecule has 168 valence electrons. The number of hydrogen-bond donors (Lipinski definition) is 1. The highest BCUT2D eigenvalue weighted by Crippen LogP contribution is 2.18. The molecule has 0 spiro atoms. The molecule has 1 N–H and O–H groups in total. The van der Waals surface area contributed by atoms with Crippen LogP contribution in [0.4, 0.5) is 0 Å². The molecule has 0 fully saturated rings. The van der Waals surface area contributed by atoms with Crippen molar-refractivity contribution in [2.24, 2.45) is 0 Å². The van der Waals surface area contributed by atoms with Crippen LogP contribution in [-0.4, -0.2) is 28.8 Å². The van der Waals surface area contributed by atoms with E-state index in [0.717, 1.165) is 17.5 Å². The number of rotatable bonds is 10. The van der Waals surface area contributed by atoms with Crippen molar-refractivity contribution in [3.63, 3.8) is 0 Å². The molecule has 0 bridgehead atoms. The number of nitrogens with zero attached hydrogens (tertiary/aromatic N) is 1. The van der Waals surface area contributed by atoms with Crippen LogP contribution in [-0.2, 0) is 22.6 Å². The number of aryl methyl sites for hydroxylation is 1. The van der Waals surface area contributed by atoms with Gasteiger partial charge in [-0.1, -0.05) is 68.8 Å². The van der Waals surface area contributed by atoms with Gasteiger partial charge in [-0.05, 0) is 61.4 Å². The summed E-state index contributed by atoms with van der Waals surface area (Å²) < 4.78 is 0. The summed E-state index contributed by atoms with van der Waals surface area (Å²) in [7, 11) is 0. The molecule has 0 aromatic heterocycles. The molecule has 2 amide bonds. The molecule has 2 rings (SSSR count). The quantitative estimate of drug-likeness (QED) is 0.510. The van der Waals surface area contributed by atoms with Crippen LogP contribution in [0.3, 0.4) is 0 Å².